The Morgan fingerprint density at radius 1 is 1.35 bits per heavy atom. The summed E-state index contributed by atoms with van der Waals surface area (Å²) in [5, 5.41) is 4.11. The molecule has 0 fully saturated rings. The summed E-state index contributed by atoms with van der Waals surface area (Å²) in [5.41, 5.74) is 7.79. The molecular weight excluding hydrogens is 329 g/mol. The topological polar surface area (TPSA) is 69.6 Å². The zero-order chi connectivity index (χ0) is 12.6. The van der Waals surface area contributed by atoms with E-state index >= 15 is 0 Å². The average Bonchev–Trinajstić information content (AvgIpc) is 2.68. The summed E-state index contributed by atoms with van der Waals surface area (Å²) in [6, 6.07) is 0. The van der Waals surface area contributed by atoms with Gasteiger partial charge in [0.1, 0.15) is 5.82 Å². The second-order valence-corrected chi connectivity index (χ2v) is 5.27. The summed E-state index contributed by atoms with van der Waals surface area (Å²) in [6.45, 7) is 4.19. The molecule has 0 bridgehead atoms. The monoisotopic (exact) mass is 343 g/mol. The van der Waals surface area contributed by atoms with E-state index in [1.165, 1.54) is 0 Å². The highest BCUT2D eigenvalue weighted by Gasteiger charge is 2.14. The van der Waals surface area contributed by atoms with Crippen LogP contribution in [0.4, 0.5) is 5.82 Å². The molecule has 0 aliphatic rings. The molecule has 0 saturated carbocycles. The minimum absolute atomic E-state index is 0.322. The van der Waals surface area contributed by atoms with Gasteiger partial charge in [-0.05, 0) is 28.5 Å². The van der Waals surface area contributed by atoms with Crippen LogP contribution in [0, 0.1) is 3.57 Å². The maximum atomic E-state index is 5.92. The van der Waals surface area contributed by atoms with Crippen LogP contribution in [-0.2, 0) is 7.05 Å². The van der Waals surface area contributed by atoms with Gasteiger partial charge in [0.2, 0.25) is 0 Å². The van der Waals surface area contributed by atoms with Gasteiger partial charge in [0.15, 0.2) is 5.82 Å². The minimum atomic E-state index is 0.322. The average molecular weight is 343 g/mol. The zero-order valence-corrected chi connectivity index (χ0v) is 12.1. The van der Waals surface area contributed by atoms with Crippen LogP contribution >= 0.6 is 22.6 Å². The van der Waals surface area contributed by atoms with Crippen molar-refractivity contribution in [1.82, 2.24) is 19.7 Å². The van der Waals surface area contributed by atoms with Gasteiger partial charge >= 0.3 is 0 Å². The van der Waals surface area contributed by atoms with Gasteiger partial charge < -0.3 is 5.73 Å². The standard InChI is InChI=1S/C11H14IN5/c1-6(2)9-8(12)10(13)16-11(15-9)7-4-14-17(3)5-7/h4-6H,1-3H3,(H2,13,15,16). The Morgan fingerprint density at radius 3 is 2.59 bits per heavy atom. The van der Waals surface area contributed by atoms with E-state index in [9.17, 15) is 0 Å². The van der Waals surface area contributed by atoms with Crippen molar-refractivity contribution in [1.29, 1.82) is 0 Å². The molecule has 0 aliphatic carbocycles. The highest BCUT2D eigenvalue weighted by molar-refractivity contribution is 14.1. The van der Waals surface area contributed by atoms with Crippen molar-refractivity contribution in [2.75, 3.05) is 5.73 Å². The number of anilines is 1. The lowest BCUT2D eigenvalue weighted by Crippen LogP contribution is -2.06. The fourth-order valence-electron chi connectivity index (χ4n) is 1.53. The lowest BCUT2D eigenvalue weighted by molar-refractivity contribution is 0.767. The number of nitrogens with zero attached hydrogens (tertiary/aromatic N) is 4. The van der Waals surface area contributed by atoms with Crippen molar-refractivity contribution in [2.24, 2.45) is 7.05 Å². The predicted octanol–water partition coefficient (Wildman–Crippen LogP) is 2.19. The maximum absolute atomic E-state index is 5.92. The smallest absolute Gasteiger partial charge is 0.165 e. The van der Waals surface area contributed by atoms with Crippen molar-refractivity contribution in [3.05, 3.63) is 21.7 Å². The number of nitrogens with two attached hydrogens (primary N) is 1. The number of halogens is 1. The molecule has 2 aromatic rings. The van der Waals surface area contributed by atoms with Gasteiger partial charge in [-0.2, -0.15) is 5.10 Å². The van der Waals surface area contributed by atoms with E-state index in [4.69, 9.17) is 5.73 Å². The van der Waals surface area contributed by atoms with Gasteiger partial charge in [0, 0.05) is 13.2 Å². The zero-order valence-electron chi connectivity index (χ0n) is 9.98. The molecule has 2 N–H and O–H groups in total. The Hall–Kier alpha value is -1.18. The molecule has 2 aromatic heterocycles. The van der Waals surface area contributed by atoms with Gasteiger partial charge in [0.05, 0.1) is 21.0 Å². The molecular formula is C11H14IN5. The summed E-state index contributed by atoms with van der Waals surface area (Å²) in [5.74, 6) is 1.49. The van der Waals surface area contributed by atoms with Crippen LogP contribution in [0.25, 0.3) is 11.4 Å². The molecule has 2 heterocycles. The molecule has 0 spiro atoms. The first-order valence-corrected chi connectivity index (χ1v) is 6.39. The normalized spacial score (nSPS) is 11.1. The fraction of sp³-hybridized carbons (Fsp3) is 0.364. The van der Waals surface area contributed by atoms with Crippen LogP contribution in [-0.4, -0.2) is 19.7 Å². The molecule has 0 aromatic carbocycles. The molecule has 0 amide bonds. The van der Waals surface area contributed by atoms with Gasteiger partial charge in [-0.25, -0.2) is 9.97 Å². The van der Waals surface area contributed by atoms with Crippen molar-refractivity contribution < 1.29 is 0 Å². The van der Waals surface area contributed by atoms with Crippen LogP contribution in [0.5, 0.6) is 0 Å². The lowest BCUT2D eigenvalue weighted by Gasteiger charge is -2.10. The second kappa shape index (κ2) is 4.59. The van der Waals surface area contributed by atoms with Crippen molar-refractivity contribution in [3.8, 4) is 11.4 Å². The largest absolute Gasteiger partial charge is 0.383 e. The number of aryl methyl sites for hydroxylation is 1. The van der Waals surface area contributed by atoms with E-state index in [0.717, 1.165) is 14.8 Å². The van der Waals surface area contributed by atoms with E-state index in [-0.39, 0.29) is 0 Å². The second-order valence-electron chi connectivity index (χ2n) is 4.19. The first kappa shape index (κ1) is 12.3. The van der Waals surface area contributed by atoms with E-state index in [1.54, 1.807) is 10.9 Å². The van der Waals surface area contributed by atoms with Gasteiger partial charge in [-0.3, -0.25) is 4.68 Å². The molecule has 0 radical (unpaired) electrons. The highest BCUT2D eigenvalue weighted by Crippen LogP contribution is 2.26. The van der Waals surface area contributed by atoms with E-state index in [0.29, 0.717) is 17.6 Å². The third-order valence-corrected chi connectivity index (χ3v) is 3.52. The van der Waals surface area contributed by atoms with Gasteiger partial charge in [-0.1, -0.05) is 13.8 Å². The number of aromatic nitrogens is 4. The molecule has 17 heavy (non-hydrogen) atoms. The summed E-state index contributed by atoms with van der Waals surface area (Å²) in [4.78, 5) is 8.87. The van der Waals surface area contributed by atoms with Gasteiger partial charge in [0.25, 0.3) is 0 Å². The molecule has 6 heteroatoms. The van der Waals surface area contributed by atoms with E-state index < -0.39 is 0 Å². The summed E-state index contributed by atoms with van der Waals surface area (Å²) >= 11 is 2.19. The third-order valence-electron chi connectivity index (χ3n) is 2.41. The minimum Gasteiger partial charge on any atom is -0.383 e. The van der Waals surface area contributed by atoms with Crippen molar-refractivity contribution in [2.45, 2.75) is 19.8 Å². The number of nitrogen functional groups attached to an aromatic ring is 1. The van der Waals surface area contributed by atoms with Crippen LogP contribution in [0.3, 0.4) is 0 Å². The summed E-state index contributed by atoms with van der Waals surface area (Å²) < 4.78 is 2.66. The highest BCUT2D eigenvalue weighted by atomic mass is 127. The predicted molar refractivity (Wildman–Crippen MR) is 75.5 cm³/mol. The quantitative estimate of drug-likeness (QED) is 0.849. The third kappa shape index (κ3) is 2.41. The van der Waals surface area contributed by atoms with Crippen molar-refractivity contribution >= 4 is 28.4 Å². The Morgan fingerprint density at radius 2 is 2.06 bits per heavy atom. The SMILES string of the molecule is CC(C)c1nc(-c2cnn(C)c2)nc(N)c1I. The first-order valence-electron chi connectivity index (χ1n) is 5.31. The first-order chi connectivity index (χ1) is 7.99. The van der Waals surface area contributed by atoms with E-state index in [1.807, 2.05) is 13.2 Å². The summed E-state index contributed by atoms with van der Waals surface area (Å²) in [7, 11) is 1.86. The van der Waals surface area contributed by atoms with Crippen LogP contribution in [0.15, 0.2) is 12.4 Å². The number of hydrogen-bond donors (Lipinski definition) is 1. The van der Waals surface area contributed by atoms with Crippen molar-refractivity contribution in [3.63, 3.8) is 0 Å². The van der Waals surface area contributed by atoms with Gasteiger partial charge in [-0.15, -0.1) is 0 Å². The molecule has 0 aliphatic heterocycles. The Labute approximate surface area is 114 Å². The number of rotatable bonds is 2. The molecule has 2 rings (SSSR count). The maximum Gasteiger partial charge on any atom is 0.165 e. The van der Waals surface area contributed by atoms with E-state index in [2.05, 4.69) is 51.5 Å². The van der Waals surface area contributed by atoms with Crippen LogP contribution in [0.2, 0.25) is 0 Å². The Balaban J connectivity index is 2.56. The molecule has 5 nitrogen and oxygen atoms in total. The molecule has 0 saturated heterocycles. The Kier molecular flexibility index (Phi) is 3.32. The fourth-order valence-corrected chi connectivity index (χ4v) is 2.39. The molecule has 0 atom stereocenters. The molecule has 0 unspecified atom stereocenters. The summed E-state index contributed by atoms with van der Waals surface area (Å²) in [6.07, 6.45) is 3.62. The Bertz CT molecular complexity index is 547. The van der Waals surface area contributed by atoms with Crippen LogP contribution in [0.1, 0.15) is 25.5 Å². The van der Waals surface area contributed by atoms with Crippen LogP contribution < -0.4 is 5.73 Å². The lowest BCUT2D eigenvalue weighted by atomic mass is 10.1. The molecule has 90 valence electrons. The number of hydrogen-bond acceptors (Lipinski definition) is 4.